The van der Waals surface area contributed by atoms with Crippen molar-refractivity contribution in [3.05, 3.63) is 53.7 Å². The molecule has 30 heavy (non-hydrogen) atoms. The Hall–Kier alpha value is -2.81. The first-order chi connectivity index (χ1) is 14.4. The summed E-state index contributed by atoms with van der Waals surface area (Å²) in [6.45, 7) is 3.34. The smallest absolute Gasteiger partial charge is 0.417 e. The van der Waals surface area contributed by atoms with Gasteiger partial charge in [0, 0.05) is 44.4 Å². The highest BCUT2D eigenvalue weighted by Crippen LogP contribution is 2.31. The lowest BCUT2D eigenvalue weighted by molar-refractivity contribution is -0.137. The number of amides is 1. The van der Waals surface area contributed by atoms with Crippen LogP contribution in [-0.4, -0.2) is 55.1 Å². The molecule has 3 heterocycles. The molecule has 0 saturated carbocycles. The lowest BCUT2D eigenvalue weighted by Gasteiger charge is -2.35. The van der Waals surface area contributed by atoms with Crippen molar-refractivity contribution in [2.24, 2.45) is 0 Å². The fraction of sp³-hybridized carbons (Fsp3) is 0.429. The number of hydrogen-bond acceptors (Lipinski definition) is 5. The summed E-state index contributed by atoms with van der Waals surface area (Å²) in [5, 5.41) is 3.09. The molecule has 1 amide bonds. The summed E-state index contributed by atoms with van der Waals surface area (Å²) in [6, 6.07) is 10.1. The summed E-state index contributed by atoms with van der Waals surface area (Å²) in [5.74, 6) is 1.29. The summed E-state index contributed by atoms with van der Waals surface area (Å²) >= 11 is 0. The van der Waals surface area contributed by atoms with Gasteiger partial charge in [-0.1, -0.05) is 18.2 Å². The summed E-state index contributed by atoms with van der Waals surface area (Å²) in [5.41, 5.74) is 0.242. The molecule has 1 unspecified atom stereocenters. The predicted octanol–water partition coefficient (Wildman–Crippen LogP) is 2.86. The number of alkyl halides is 3. The van der Waals surface area contributed by atoms with Crippen LogP contribution in [0.5, 0.6) is 5.75 Å². The van der Waals surface area contributed by atoms with E-state index >= 15 is 0 Å². The average Bonchev–Trinajstić information content (AvgIpc) is 2.74. The van der Waals surface area contributed by atoms with Crippen LogP contribution in [0.1, 0.15) is 23.6 Å². The maximum absolute atomic E-state index is 12.7. The van der Waals surface area contributed by atoms with Gasteiger partial charge in [-0.05, 0) is 18.2 Å². The number of carbonyl (C=O) groups is 1. The molecule has 1 saturated heterocycles. The Labute approximate surface area is 172 Å². The fourth-order valence-corrected chi connectivity index (χ4v) is 3.81. The van der Waals surface area contributed by atoms with Crippen LogP contribution < -0.4 is 15.0 Å². The monoisotopic (exact) mass is 420 g/mol. The molecule has 160 valence electrons. The molecule has 6 nitrogen and oxygen atoms in total. The van der Waals surface area contributed by atoms with Crippen molar-refractivity contribution in [1.29, 1.82) is 0 Å². The number of carbonyl (C=O) groups excluding carboxylic acids is 1. The number of rotatable bonds is 4. The molecule has 1 aromatic carbocycles. The first-order valence-corrected chi connectivity index (χ1v) is 9.92. The van der Waals surface area contributed by atoms with E-state index < -0.39 is 11.7 Å². The number of aromatic nitrogens is 1. The predicted molar refractivity (Wildman–Crippen MR) is 105 cm³/mol. The van der Waals surface area contributed by atoms with Crippen molar-refractivity contribution in [3.63, 3.8) is 0 Å². The van der Waals surface area contributed by atoms with E-state index in [0.717, 1.165) is 30.0 Å². The first kappa shape index (κ1) is 20.5. The number of pyridine rings is 1. The van der Waals surface area contributed by atoms with E-state index in [4.69, 9.17) is 4.74 Å². The molecule has 0 spiro atoms. The van der Waals surface area contributed by atoms with E-state index in [1.54, 1.807) is 0 Å². The molecule has 1 fully saturated rings. The minimum atomic E-state index is -4.39. The van der Waals surface area contributed by atoms with Crippen molar-refractivity contribution < 1.29 is 22.7 Å². The third-order valence-corrected chi connectivity index (χ3v) is 5.43. The second-order valence-electron chi connectivity index (χ2n) is 7.46. The number of anilines is 1. The van der Waals surface area contributed by atoms with E-state index in [-0.39, 0.29) is 18.5 Å². The van der Waals surface area contributed by atoms with Gasteiger partial charge in [-0.15, -0.1) is 0 Å². The molecule has 2 aliphatic heterocycles. The molecule has 1 N–H and O–H groups in total. The highest BCUT2D eigenvalue weighted by molar-refractivity contribution is 5.78. The molecule has 9 heteroatoms. The van der Waals surface area contributed by atoms with Crippen molar-refractivity contribution in [1.82, 2.24) is 15.2 Å². The van der Waals surface area contributed by atoms with Gasteiger partial charge in [0.25, 0.3) is 0 Å². The third kappa shape index (κ3) is 4.67. The third-order valence-electron chi connectivity index (χ3n) is 5.43. The normalized spacial score (nSPS) is 19.7. The Balaban J connectivity index is 1.27. The molecule has 0 bridgehead atoms. The van der Waals surface area contributed by atoms with Gasteiger partial charge in [0.15, 0.2) is 0 Å². The summed E-state index contributed by atoms with van der Waals surface area (Å²) < 4.78 is 43.7. The number of hydrogen-bond donors (Lipinski definition) is 1. The molecule has 0 aliphatic carbocycles. The number of para-hydroxylation sites is 1. The highest BCUT2D eigenvalue weighted by Gasteiger charge is 2.31. The molecular formula is C21H23F3N4O2. The fourth-order valence-electron chi connectivity index (χ4n) is 3.81. The van der Waals surface area contributed by atoms with E-state index in [1.807, 2.05) is 34.1 Å². The van der Waals surface area contributed by atoms with E-state index in [2.05, 4.69) is 10.3 Å². The van der Waals surface area contributed by atoms with Crippen LogP contribution in [0.4, 0.5) is 19.0 Å². The van der Waals surface area contributed by atoms with Crippen LogP contribution >= 0.6 is 0 Å². The molecule has 2 aliphatic rings. The van der Waals surface area contributed by atoms with Crippen molar-refractivity contribution in [3.8, 4) is 5.75 Å². The van der Waals surface area contributed by atoms with Gasteiger partial charge in [0.05, 0.1) is 24.8 Å². The quantitative estimate of drug-likeness (QED) is 0.825. The van der Waals surface area contributed by atoms with Crippen molar-refractivity contribution in [2.75, 3.05) is 44.2 Å². The number of nitrogens with one attached hydrogen (secondary N) is 1. The largest absolute Gasteiger partial charge is 0.493 e. The zero-order chi connectivity index (χ0) is 21.1. The molecule has 4 rings (SSSR count). The Morgan fingerprint density at radius 3 is 2.60 bits per heavy atom. The van der Waals surface area contributed by atoms with E-state index in [9.17, 15) is 18.0 Å². The number of fused-ring (bicyclic) bond motifs is 1. The zero-order valence-electron chi connectivity index (χ0n) is 16.4. The van der Waals surface area contributed by atoms with Crippen LogP contribution in [0.25, 0.3) is 0 Å². The topological polar surface area (TPSA) is 57.7 Å². The SMILES string of the molecule is O=C(CN1CCN(c2ccc(C(F)(F)F)cn2)CC1)NC1CCOc2ccccc21. The second kappa shape index (κ2) is 8.51. The van der Waals surface area contributed by atoms with E-state index in [1.165, 1.54) is 6.07 Å². The lowest BCUT2D eigenvalue weighted by Crippen LogP contribution is -2.50. The molecule has 1 aromatic heterocycles. The molecule has 2 aromatic rings. The number of piperazine rings is 1. The maximum Gasteiger partial charge on any atom is 0.417 e. The van der Waals surface area contributed by atoms with Gasteiger partial charge in [-0.25, -0.2) is 4.98 Å². The molecule has 0 radical (unpaired) electrons. The van der Waals surface area contributed by atoms with Crippen LogP contribution in [0.2, 0.25) is 0 Å². The molecule has 1 atom stereocenters. The van der Waals surface area contributed by atoms with Crippen LogP contribution in [0.15, 0.2) is 42.6 Å². The standard InChI is InChI=1S/C21H23F3N4O2/c22-21(23,24)15-5-6-19(25-13-15)28-10-8-27(9-11-28)14-20(29)26-17-7-12-30-18-4-2-1-3-16(17)18/h1-6,13,17H,7-12,14H2,(H,26,29). The Bertz CT molecular complexity index is 881. The number of ether oxygens (including phenoxy) is 1. The van der Waals surface area contributed by atoms with Gasteiger partial charge in [-0.2, -0.15) is 13.2 Å². The zero-order valence-corrected chi connectivity index (χ0v) is 16.4. The molecular weight excluding hydrogens is 397 g/mol. The number of benzene rings is 1. The lowest BCUT2D eigenvalue weighted by atomic mass is 10.0. The Morgan fingerprint density at radius 2 is 1.90 bits per heavy atom. The van der Waals surface area contributed by atoms with Gasteiger partial charge in [0.2, 0.25) is 5.91 Å². The number of halogens is 3. The van der Waals surface area contributed by atoms with E-state index in [0.29, 0.717) is 38.6 Å². The number of nitrogens with zero attached hydrogens (tertiary/aromatic N) is 3. The Morgan fingerprint density at radius 1 is 1.13 bits per heavy atom. The van der Waals surface area contributed by atoms with Crippen LogP contribution in [0.3, 0.4) is 0 Å². The van der Waals surface area contributed by atoms with Gasteiger partial charge < -0.3 is 15.0 Å². The summed E-state index contributed by atoms with van der Waals surface area (Å²) in [6.07, 6.45) is -2.79. The van der Waals surface area contributed by atoms with Gasteiger partial charge >= 0.3 is 6.18 Å². The summed E-state index contributed by atoms with van der Waals surface area (Å²) in [4.78, 5) is 20.5. The minimum Gasteiger partial charge on any atom is -0.493 e. The Kier molecular flexibility index (Phi) is 5.80. The van der Waals surface area contributed by atoms with Crippen LogP contribution in [0, 0.1) is 0 Å². The van der Waals surface area contributed by atoms with Gasteiger partial charge in [-0.3, -0.25) is 9.69 Å². The second-order valence-corrected chi connectivity index (χ2v) is 7.46. The van der Waals surface area contributed by atoms with Crippen molar-refractivity contribution in [2.45, 2.75) is 18.6 Å². The average molecular weight is 420 g/mol. The van der Waals surface area contributed by atoms with Gasteiger partial charge in [0.1, 0.15) is 11.6 Å². The summed E-state index contributed by atoms with van der Waals surface area (Å²) in [7, 11) is 0. The highest BCUT2D eigenvalue weighted by atomic mass is 19.4. The van der Waals surface area contributed by atoms with Crippen molar-refractivity contribution >= 4 is 11.7 Å². The first-order valence-electron chi connectivity index (χ1n) is 9.92. The maximum atomic E-state index is 12.7. The van der Waals surface area contributed by atoms with Crippen LogP contribution in [-0.2, 0) is 11.0 Å². The minimum absolute atomic E-state index is 0.0437.